The molecule has 1 aromatic rings. The number of hydrogen-bond acceptors (Lipinski definition) is 3. The second-order valence-electron chi connectivity index (χ2n) is 6.68. The maximum atomic E-state index is 10.3. The van der Waals surface area contributed by atoms with E-state index in [0.717, 1.165) is 37.3 Å². The van der Waals surface area contributed by atoms with Gasteiger partial charge in [-0.15, -0.1) is 0 Å². The Morgan fingerprint density at radius 2 is 1.78 bits per heavy atom. The Morgan fingerprint density at radius 3 is 2.48 bits per heavy atom. The molecule has 1 atom stereocenters. The van der Waals surface area contributed by atoms with E-state index in [-0.39, 0.29) is 6.10 Å². The van der Waals surface area contributed by atoms with E-state index < -0.39 is 0 Å². The lowest BCUT2D eigenvalue weighted by atomic mass is 10.1. The molecule has 1 aliphatic rings. The first-order valence-corrected chi connectivity index (χ1v) is 9.43. The fourth-order valence-electron chi connectivity index (χ4n) is 3.16. The van der Waals surface area contributed by atoms with Gasteiger partial charge < -0.3 is 14.7 Å². The molecule has 1 saturated heterocycles. The third-order valence-corrected chi connectivity index (χ3v) is 4.70. The fourth-order valence-corrected chi connectivity index (χ4v) is 3.16. The molecule has 1 fully saturated rings. The minimum atomic E-state index is -0.365. The van der Waals surface area contributed by atoms with Gasteiger partial charge in [0.15, 0.2) is 0 Å². The van der Waals surface area contributed by atoms with Crippen LogP contribution in [0.1, 0.15) is 70.0 Å². The number of ether oxygens (including phenoxy) is 1. The second-order valence-corrected chi connectivity index (χ2v) is 6.68. The van der Waals surface area contributed by atoms with Crippen molar-refractivity contribution in [1.82, 2.24) is 4.90 Å². The number of aliphatic hydroxyl groups excluding tert-OH is 1. The van der Waals surface area contributed by atoms with Crippen molar-refractivity contribution in [3.05, 3.63) is 29.8 Å². The van der Waals surface area contributed by atoms with Gasteiger partial charge in [-0.25, -0.2) is 0 Å². The maximum absolute atomic E-state index is 10.3. The lowest BCUT2D eigenvalue weighted by molar-refractivity contribution is 0.134. The summed E-state index contributed by atoms with van der Waals surface area (Å²) in [5, 5.41) is 10.3. The van der Waals surface area contributed by atoms with Crippen LogP contribution in [-0.2, 0) is 0 Å². The van der Waals surface area contributed by atoms with Crippen LogP contribution in [-0.4, -0.2) is 36.2 Å². The Kier molecular flexibility index (Phi) is 8.48. The Hall–Kier alpha value is -1.06. The van der Waals surface area contributed by atoms with Gasteiger partial charge in [0, 0.05) is 6.54 Å². The van der Waals surface area contributed by atoms with Crippen LogP contribution in [0.5, 0.6) is 5.75 Å². The van der Waals surface area contributed by atoms with Gasteiger partial charge in [0.1, 0.15) is 5.75 Å². The maximum Gasteiger partial charge on any atom is 0.119 e. The molecule has 2 rings (SSSR count). The monoisotopic (exact) mass is 319 g/mol. The molecule has 0 amide bonds. The number of aliphatic hydroxyl groups is 1. The summed E-state index contributed by atoms with van der Waals surface area (Å²) in [6, 6.07) is 7.98. The van der Waals surface area contributed by atoms with Crippen molar-refractivity contribution >= 4 is 0 Å². The normalized spacial score (nSPS) is 17.1. The van der Waals surface area contributed by atoms with E-state index in [4.69, 9.17) is 4.74 Å². The van der Waals surface area contributed by atoms with E-state index in [9.17, 15) is 5.11 Å². The summed E-state index contributed by atoms with van der Waals surface area (Å²) in [6.07, 6.45) is 9.32. The summed E-state index contributed by atoms with van der Waals surface area (Å²) in [6.45, 7) is 6.39. The number of likely N-dealkylation sites (tertiary alicyclic amines) is 1. The third kappa shape index (κ3) is 6.92. The van der Waals surface area contributed by atoms with Crippen molar-refractivity contribution in [3.8, 4) is 5.75 Å². The van der Waals surface area contributed by atoms with E-state index >= 15 is 0 Å². The number of benzene rings is 1. The van der Waals surface area contributed by atoms with Crippen LogP contribution in [0.15, 0.2) is 24.3 Å². The van der Waals surface area contributed by atoms with E-state index in [0.29, 0.717) is 0 Å². The van der Waals surface area contributed by atoms with Crippen molar-refractivity contribution in [2.45, 2.75) is 64.4 Å². The smallest absolute Gasteiger partial charge is 0.119 e. The lowest BCUT2D eigenvalue weighted by Crippen LogP contribution is -2.31. The first-order chi connectivity index (χ1) is 11.3. The SMILES string of the molecule is CCCCCCOc1ccc(C(O)CCN2CCCCC2)cc1. The van der Waals surface area contributed by atoms with Crippen molar-refractivity contribution in [2.24, 2.45) is 0 Å². The molecular formula is C20H33NO2. The number of unbranched alkanes of at least 4 members (excludes halogenated alkanes) is 3. The quantitative estimate of drug-likeness (QED) is 0.642. The van der Waals surface area contributed by atoms with Crippen molar-refractivity contribution < 1.29 is 9.84 Å². The lowest BCUT2D eigenvalue weighted by Gasteiger charge is -2.27. The van der Waals surface area contributed by atoms with Gasteiger partial charge in [0.2, 0.25) is 0 Å². The third-order valence-electron chi connectivity index (χ3n) is 4.70. The molecule has 0 aliphatic carbocycles. The molecule has 3 nitrogen and oxygen atoms in total. The number of piperidine rings is 1. The Balaban J connectivity index is 1.68. The summed E-state index contributed by atoms with van der Waals surface area (Å²) in [5.41, 5.74) is 1.00. The summed E-state index contributed by atoms with van der Waals surface area (Å²) >= 11 is 0. The van der Waals surface area contributed by atoms with E-state index in [2.05, 4.69) is 11.8 Å². The van der Waals surface area contributed by atoms with Gasteiger partial charge in [-0.3, -0.25) is 0 Å². The zero-order valence-electron chi connectivity index (χ0n) is 14.7. The van der Waals surface area contributed by atoms with Gasteiger partial charge in [-0.2, -0.15) is 0 Å². The molecule has 0 radical (unpaired) electrons. The molecule has 1 aliphatic heterocycles. The van der Waals surface area contributed by atoms with Crippen molar-refractivity contribution in [1.29, 1.82) is 0 Å². The molecule has 0 spiro atoms. The zero-order valence-corrected chi connectivity index (χ0v) is 14.7. The molecule has 1 aromatic carbocycles. The van der Waals surface area contributed by atoms with Crippen LogP contribution < -0.4 is 4.74 Å². The predicted octanol–water partition coefficient (Wildman–Crippen LogP) is 4.56. The number of hydrogen-bond donors (Lipinski definition) is 1. The first-order valence-electron chi connectivity index (χ1n) is 9.43. The predicted molar refractivity (Wildman–Crippen MR) is 95.9 cm³/mol. The topological polar surface area (TPSA) is 32.7 Å². The average molecular weight is 319 g/mol. The molecule has 1 N–H and O–H groups in total. The van der Waals surface area contributed by atoms with Crippen LogP contribution in [0.2, 0.25) is 0 Å². The molecule has 1 unspecified atom stereocenters. The Morgan fingerprint density at radius 1 is 1.04 bits per heavy atom. The van der Waals surface area contributed by atoms with Crippen LogP contribution in [0, 0.1) is 0 Å². The van der Waals surface area contributed by atoms with E-state index in [1.54, 1.807) is 0 Å². The fraction of sp³-hybridized carbons (Fsp3) is 0.700. The molecule has 0 bridgehead atoms. The highest BCUT2D eigenvalue weighted by atomic mass is 16.5. The van der Waals surface area contributed by atoms with E-state index in [1.807, 2.05) is 24.3 Å². The summed E-state index contributed by atoms with van der Waals surface area (Å²) < 4.78 is 5.75. The van der Waals surface area contributed by atoms with Gasteiger partial charge in [0.25, 0.3) is 0 Å². The molecule has 23 heavy (non-hydrogen) atoms. The van der Waals surface area contributed by atoms with Gasteiger partial charge in [0.05, 0.1) is 12.7 Å². The largest absolute Gasteiger partial charge is 0.494 e. The van der Waals surface area contributed by atoms with E-state index in [1.165, 1.54) is 51.6 Å². The number of rotatable bonds is 10. The van der Waals surface area contributed by atoms with Gasteiger partial charge in [-0.1, -0.05) is 44.7 Å². The van der Waals surface area contributed by atoms with Crippen LogP contribution in [0.4, 0.5) is 0 Å². The molecule has 0 saturated carbocycles. The molecule has 3 heteroatoms. The zero-order chi connectivity index (χ0) is 16.3. The summed E-state index contributed by atoms with van der Waals surface area (Å²) in [7, 11) is 0. The van der Waals surface area contributed by atoms with Crippen LogP contribution >= 0.6 is 0 Å². The first kappa shape index (κ1) is 18.3. The highest BCUT2D eigenvalue weighted by Gasteiger charge is 2.13. The van der Waals surface area contributed by atoms with Gasteiger partial charge in [-0.05, 0) is 56.5 Å². The second kappa shape index (κ2) is 10.7. The highest BCUT2D eigenvalue weighted by Crippen LogP contribution is 2.21. The molecule has 1 heterocycles. The van der Waals surface area contributed by atoms with Crippen molar-refractivity contribution in [2.75, 3.05) is 26.2 Å². The van der Waals surface area contributed by atoms with Crippen molar-refractivity contribution in [3.63, 3.8) is 0 Å². The minimum absolute atomic E-state index is 0.365. The van der Waals surface area contributed by atoms with Crippen LogP contribution in [0.25, 0.3) is 0 Å². The molecular weight excluding hydrogens is 286 g/mol. The Labute approximate surface area is 141 Å². The minimum Gasteiger partial charge on any atom is -0.494 e. The summed E-state index contributed by atoms with van der Waals surface area (Å²) in [5.74, 6) is 0.911. The summed E-state index contributed by atoms with van der Waals surface area (Å²) in [4.78, 5) is 2.47. The molecule has 0 aromatic heterocycles. The average Bonchev–Trinajstić information content (AvgIpc) is 2.61. The van der Waals surface area contributed by atoms with Gasteiger partial charge >= 0.3 is 0 Å². The highest BCUT2D eigenvalue weighted by molar-refractivity contribution is 5.28. The standard InChI is InChI=1S/C20H33NO2/c1-2-3-4-8-17-23-19-11-9-18(10-12-19)20(22)13-16-21-14-6-5-7-15-21/h9-12,20,22H,2-8,13-17H2,1H3. The Bertz CT molecular complexity index is 412. The van der Waals surface area contributed by atoms with Crippen LogP contribution in [0.3, 0.4) is 0 Å². The molecule has 130 valence electrons. The number of nitrogens with zero attached hydrogens (tertiary/aromatic N) is 1.